The molecule has 2 aliphatic rings. The van der Waals surface area contributed by atoms with Gasteiger partial charge in [0.1, 0.15) is 12.3 Å². The van der Waals surface area contributed by atoms with Gasteiger partial charge in [-0.1, -0.05) is 5.16 Å². The van der Waals surface area contributed by atoms with Crippen LogP contribution in [0.4, 0.5) is 0 Å². The van der Waals surface area contributed by atoms with Crippen LogP contribution in [-0.4, -0.2) is 40.7 Å². The summed E-state index contributed by atoms with van der Waals surface area (Å²) in [4.78, 5) is 19.0. The van der Waals surface area contributed by atoms with E-state index in [0.717, 1.165) is 31.8 Å². The molecule has 2 aromatic rings. The molecule has 0 spiro atoms. The molecule has 1 atom stereocenters. The van der Waals surface area contributed by atoms with Gasteiger partial charge >= 0.3 is 0 Å². The highest BCUT2D eigenvalue weighted by molar-refractivity contribution is 5.94. The average molecular weight is 345 g/mol. The molecule has 1 aliphatic heterocycles. The Hall–Kier alpha value is -2.15. The Balaban J connectivity index is 1.39. The first kappa shape index (κ1) is 16.3. The van der Waals surface area contributed by atoms with Crippen molar-refractivity contribution in [1.29, 1.82) is 0 Å². The number of piperidine rings is 1. The highest BCUT2D eigenvalue weighted by Crippen LogP contribution is 2.31. The Kier molecular flexibility index (Phi) is 4.83. The molecule has 25 heavy (non-hydrogen) atoms. The van der Waals surface area contributed by atoms with Crippen LogP contribution in [0, 0.1) is 5.92 Å². The van der Waals surface area contributed by atoms with Gasteiger partial charge in [0.05, 0.1) is 18.4 Å². The zero-order chi connectivity index (χ0) is 17.1. The predicted octanol–water partition coefficient (Wildman–Crippen LogP) is 3.00. The molecule has 1 amide bonds. The lowest BCUT2D eigenvalue weighted by molar-refractivity contribution is 0.0560. The molecule has 1 saturated carbocycles. The molecule has 1 saturated heterocycles. The number of likely N-dealkylation sites (tertiary alicyclic amines) is 1. The first-order valence-corrected chi connectivity index (χ1v) is 9.04. The van der Waals surface area contributed by atoms with Gasteiger partial charge in [0.2, 0.25) is 5.89 Å². The van der Waals surface area contributed by atoms with E-state index in [0.29, 0.717) is 36.9 Å². The normalized spacial score (nSPS) is 20.8. The second-order valence-electron chi connectivity index (χ2n) is 6.84. The molecule has 0 N–H and O–H groups in total. The fourth-order valence-corrected chi connectivity index (χ4v) is 3.19. The summed E-state index contributed by atoms with van der Waals surface area (Å²) in [5.74, 6) is 1.87. The monoisotopic (exact) mass is 345 g/mol. The van der Waals surface area contributed by atoms with Crippen LogP contribution in [0.1, 0.15) is 60.2 Å². The van der Waals surface area contributed by atoms with Gasteiger partial charge in [-0.2, -0.15) is 4.98 Å². The van der Waals surface area contributed by atoms with Gasteiger partial charge in [0, 0.05) is 19.6 Å². The summed E-state index contributed by atoms with van der Waals surface area (Å²) in [5.41, 5.74) is 0.556. The van der Waals surface area contributed by atoms with E-state index in [1.165, 1.54) is 25.4 Å². The van der Waals surface area contributed by atoms with Crippen molar-refractivity contribution in [2.45, 2.75) is 44.6 Å². The number of furan rings is 1. The van der Waals surface area contributed by atoms with Gasteiger partial charge < -0.3 is 18.6 Å². The topological polar surface area (TPSA) is 81.6 Å². The first-order chi connectivity index (χ1) is 12.3. The van der Waals surface area contributed by atoms with Crippen molar-refractivity contribution in [3.8, 4) is 0 Å². The standard InChI is InChI=1S/C18H23N3O4/c22-18(14-6-9-24-12-14)21-8-2-1-3-15(21)17-19-16(20-25-17)7-10-23-11-13-4-5-13/h6,9,12-13,15H,1-5,7-8,10-11H2. The van der Waals surface area contributed by atoms with E-state index in [4.69, 9.17) is 13.7 Å². The molecule has 0 aromatic carbocycles. The predicted molar refractivity (Wildman–Crippen MR) is 87.9 cm³/mol. The number of amides is 1. The molecule has 4 rings (SSSR count). The van der Waals surface area contributed by atoms with E-state index >= 15 is 0 Å². The van der Waals surface area contributed by atoms with Gasteiger partial charge in [0.15, 0.2) is 5.82 Å². The summed E-state index contributed by atoms with van der Waals surface area (Å²) in [6.07, 6.45) is 9.06. The number of carbonyl (C=O) groups is 1. The van der Waals surface area contributed by atoms with Crippen LogP contribution in [-0.2, 0) is 11.2 Å². The van der Waals surface area contributed by atoms with E-state index < -0.39 is 0 Å². The number of ether oxygens (including phenoxy) is 1. The Labute approximate surface area is 146 Å². The largest absolute Gasteiger partial charge is 0.472 e. The van der Waals surface area contributed by atoms with Crippen molar-refractivity contribution < 1.29 is 18.5 Å². The van der Waals surface area contributed by atoms with Crippen LogP contribution in [0.25, 0.3) is 0 Å². The van der Waals surface area contributed by atoms with Gasteiger partial charge in [0.25, 0.3) is 5.91 Å². The maximum absolute atomic E-state index is 12.7. The average Bonchev–Trinajstić information content (AvgIpc) is 3.12. The maximum atomic E-state index is 12.7. The van der Waals surface area contributed by atoms with Gasteiger partial charge in [-0.05, 0) is 44.1 Å². The quantitative estimate of drug-likeness (QED) is 0.718. The Morgan fingerprint density at radius 1 is 1.32 bits per heavy atom. The molecule has 7 nitrogen and oxygen atoms in total. The minimum atomic E-state index is -0.162. The number of carbonyl (C=O) groups excluding carboxylic acids is 1. The number of nitrogens with zero attached hydrogens (tertiary/aromatic N) is 3. The Bertz CT molecular complexity index is 693. The molecule has 0 radical (unpaired) electrons. The smallest absolute Gasteiger partial charge is 0.257 e. The molecule has 1 aliphatic carbocycles. The lowest BCUT2D eigenvalue weighted by Gasteiger charge is -2.33. The van der Waals surface area contributed by atoms with E-state index in [2.05, 4.69) is 10.1 Å². The third kappa shape index (κ3) is 3.92. The van der Waals surface area contributed by atoms with E-state index in [-0.39, 0.29) is 11.9 Å². The number of rotatable bonds is 7. The number of aromatic nitrogens is 2. The summed E-state index contributed by atoms with van der Waals surface area (Å²) in [6.45, 7) is 2.13. The third-order valence-electron chi connectivity index (χ3n) is 4.82. The van der Waals surface area contributed by atoms with Crippen LogP contribution in [0.5, 0.6) is 0 Å². The van der Waals surface area contributed by atoms with E-state index in [1.54, 1.807) is 6.07 Å². The van der Waals surface area contributed by atoms with Crippen molar-refractivity contribution >= 4 is 5.91 Å². The van der Waals surface area contributed by atoms with Crippen LogP contribution >= 0.6 is 0 Å². The zero-order valence-electron chi connectivity index (χ0n) is 14.2. The van der Waals surface area contributed by atoms with Crippen molar-refractivity contribution in [2.24, 2.45) is 5.92 Å². The van der Waals surface area contributed by atoms with E-state index in [1.807, 2.05) is 4.90 Å². The summed E-state index contributed by atoms with van der Waals surface area (Å²) in [6, 6.07) is 1.52. The van der Waals surface area contributed by atoms with Crippen molar-refractivity contribution in [3.63, 3.8) is 0 Å². The second-order valence-corrected chi connectivity index (χ2v) is 6.84. The number of hydrogen-bond acceptors (Lipinski definition) is 6. The fourth-order valence-electron chi connectivity index (χ4n) is 3.19. The lowest BCUT2D eigenvalue weighted by atomic mass is 10.0. The first-order valence-electron chi connectivity index (χ1n) is 9.04. The second kappa shape index (κ2) is 7.39. The molecule has 3 heterocycles. The van der Waals surface area contributed by atoms with Crippen molar-refractivity contribution in [1.82, 2.24) is 15.0 Å². The van der Waals surface area contributed by atoms with Crippen LogP contribution in [0.15, 0.2) is 27.5 Å². The highest BCUT2D eigenvalue weighted by Gasteiger charge is 2.33. The number of hydrogen-bond donors (Lipinski definition) is 0. The summed E-state index contributed by atoms with van der Waals surface area (Å²) in [5, 5.41) is 4.06. The van der Waals surface area contributed by atoms with E-state index in [9.17, 15) is 4.79 Å². The molecule has 0 bridgehead atoms. The van der Waals surface area contributed by atoms with Crippen molar-refractivity contribution in [3.05, 3.63) is 35.9 Å². The minimum Gasteiger partial charge on any atom is -0.472 e. The van der Waals surface area contributed by atoms with Crippen LogP contribution < -0.4 is 0 Å². The third-order valence-corrected chi connectivity index (χ3v) is 4.82. The highest BCUT2D eigenvalue weighted by atomic mass is 16.5. The fraction of sp³-hybridized carbons (Fsp3) is 0.611. The molecule has 134 valence electrons. The Morgan fingerprint density at radius 2 is 2.24 bits per heavy atom. The summed E-state index contributed by atoms with van der Waals surface area (Å²) in [7, 11) is 0. The molecule has 1 unspecified atom stereocenters. The molecule has 7 heteroatoms. The lowest BCUT2D eigenvalue weighted by Crippen LogP contribution is -2.38. The summed E-state index contributed by atoms with van der Waals surface area (Å²) >= 11 is 0. The zero-order valence-corrected chi connectivity index (χ0v) is 14.2. The molecular weight excluding hydrogens is 322 g/mol. The van der Waals surface area contributed by atoms with Gasteiger partial charge in [-0.3, -0.25) is 4.79 Å². The van der Waals surface area contributed by atoms with Gasteiger partial charge in [-0.15, -0.1) is 0 Å². The minimum absolute atomic E-state index is 0.0500. The summed E-state index contributed by atoms with van der Waals surface area (Å²) < 4.78 is 16.1. The SMILES string of the molecule is O=C(c1ccoc1)N1CCCCC1c1nc(CCOCC2CC2)no1. The molecular formula is C18H23N3O4. The maximum Gasteiger partial charge on any atom is 0.257 e. The van der Waals surface area contributed by atoms with Crippen molar-refractivity contribution in [2.75, 3.05) is 19.8 Å². The Morgan fingerprint density at radius 3 is 3.04 bits per heavy atom. The molecule has 2 aromatic heterocycles. The molecule has 2 fully saturated rings. The van der Waals surface area contributed by atoms with Crippen LogP contribution in [0.3, 0.4) is 0 Å². The van der Waals surface area contributed by atoms with Crippen LogP contribution in [0.2, 0.25) is 0 Å². The van der Waals surface area contributed by atoms with Gasteiger partial charge in [-0.25, -0.2) is 0 Å².